The van der Waals surface area contributed by atoms with Crippen LogP contribution in [0.3, 0.4) is 0 Å². The Morgan fingerprint density at radius 3 is 2.62 bits per heavy atom. The third-order valence-electron chi connectivity index (χ3n) is 3.15. The van der Waals surface area contributed by atoms with E-state index in [0.29, 0.717) is 22.3 Å². The Balaban J connectivity index is 1.60. The molecule has 0 saturated heterocycles. The number of anilines is 1. The number of hydrogen-bond donors (Lipinski definition) is 1. The number of carbonyl (C=O) groups is 2. The Morgan fingerprint density at radius 1 is 1.04 bits per heavy atom. The van der Waals surface area contributed by atoms with Gasteiger partial charge in [-0.2, -0.15) is 0 Å². The number of benzene rings is 2. The van der Waals surface area contributed by atoms with Gasteiger partial charge in [0.1, 0.15) is 0 Å². The molecule has 0 saturated carbocycles. The molecule has 24 heavy (non-hydrogen) atoms. The van der Waals surface area contributed by atoms with Gasteiger partial charge in [-0.15, -0.1) is 0 Å². The van der Waals surface area contributed by atoms with E-state index in [1.165, 1.54) is 0 Å². The van der Waals surface area contributed by atoms with E-state index < -0.39 is 11.9 Å². The van der Waals surface area contributed by atoms with Crippen molar-refractivity contribution in [2.24, 2.45) is 0 Å². The van der Waals surface area contributed by atoms with Gasteiger partial charge >= 0.3 is 5.97 Å². The van der Waals surface area contributed by atoms with Crippen LogP contribution in [-0.2, 0) is 9.53 Å². The molecule has 1 amide bonds. The minimum Gasteiger partial charge on any atom is -0.452 e. The molecular formula is C17H12BrN3O3. The van der Waals surface area contributed by atoms with Crippen LogP contribution in [0.2, 0.25) is 0 Å². The number of fused-ring (bicyclic) bond motifs is 1. The van der Waals surface area contributed by atoms with Crippen LogP contribution in [0.5, 0.6) is 0 Å². The summed E-state index contributed by atoms with van der Waals surface area (Å²) < 4.78 is 5.87. The molecule has 3 aromatic rings. The highest BCUT2D eigenvalue weighted by atomic mass is 79.9. The number of rotatable bonds is 4. The summed E-state index contributed by atoms with van der Waals surface area (Å²) in [5.41, 5.74) is 2.21. The molecule has 1 N–H and O–H groups in total. The Hall–Kier alpha value is -2.80. The number of esters is 1. The van der Waals surface area contributed by atoms with Crippen LogP contribution in [0.1, 0.15) is 10.4 Å². The van der Waals surface area contributed by atoms with Gasteiger partial charge in [-0.25, -0.2) is 4.79 Å². The second-order valence-corrected chi connectivity index (χ2v) is 5.81. The van der Waals surface area contributed by atoms with Crippen LogP contribution in [-0.4, -0.2) is 28.5 Å². The monoisotopic (exact) mass is 385 g/mol. The Labute approximate surface area is 146 Å². The van der Waals surface area contributed by atoms with Crippen molar-refractivity contribution in [1.29, 1.82) is 0 Å². The van der Waals surface area contributed by atoms with Crippen LogP contribution >= 0.6 is 15.9 Å². The third kappa shape index (κ3) is 3.94. The summed E-state index contributed by atoms with van der Waals surface area (Å²) in [6.07, 6.45) is 3.12. The standard InChI is InChI=1S/C17H12BrN3O3/c18-12-2-1-3-13(9-12)21-16(22)10-24-17(23)11-4-5-14-15(8-11)20-7-6-19-14/h1-9H,10H2,(H,21,22). The van der Waals surface area contributed by atoms with Crippen LogP contribution in [0.4, 0.5) is 5.69 Å². The first-order valence-corrected chi connectivity index (χ1v) is 7.84. The fraction of sp³-hybridized carbons (Fsp3) is 0.0588. The van der Waals surface area contributed by atoms with Crippen LogP contribution in [0, 0.1) is 0 Å². The van der Waals surface area contributed by atoms with E-state index in [2.05, 4.69) is 31.2 Å². The lowest BCUT2D eigenvalue weighted by Crippen LogP contribution is -2.20. The Morgan fingerprint density at radius 2 is 1.83 bits per heavy atom. The largest absolute Gasteiger partial charge is 0.452 e. The molecule has 0 atom stereocenters. The number of hydrogen-bond acceptors (Lipinski definition) is 5. The molecule has 1 heterocycles. The van der Waals surface area contributed by atoms with Gasteiger partial charge in [0.15, 0.2) is 6.61 Å². The van der Waals surface area contributed by atoms with Crippen LogP contribution in [0.25, 0.3) is 11.0 Å². The van der Waals surface area contributed by atoms with Gasteiger partial charge in [0.05, 0.1) is 16.6 Å². The molecule has 2 aromatic carbocycles. The number of nitrogens with zero attached hydrogens (tertiary/aromatic N) is 2. The van der Waals surface area contributed by atoms with Gasteiger partial charge in [0, 0.05) is 22.6 Å². The summed E-state index contributed by atoms with van der Waals surface area (Å²) in [6, 6.07) is 12.0. The predicted molar refractivity (Wildman–Crippen MR) is 92.6 cm³/mol. The fourth-order valence-corrected chi connectivity index (χ4v) is 2.47. The van der Waals surface area contributed by atoms with Crippen molar-refractivity contribution in [2.75, 3.05) is 11.9 Å². The minimum atomic E-state index is -0.591. The minimum absolute atomic E-state index is 0.318. The average Bonchev–Trinajstić information content (AvgIpc) is 2.59. The Kier molecular flexibility index (Phi) is 4.81. The lowest BCUT2D eigenvalue weighted by atomic mass is 10.2. The van der Waals surface area contributed by atoms with Crippen molar-refractivity contribution in [2.45, 2.75) is 0 Å². The van der Waals surface area contributed by atoms with Crippen molar-refractivity contribution < 1.29 is 14.3 Å². The van der Waals surface area contributed by atoms with Gasteiger partial charge in [-0.1, -0.05) is 22.0 Å². The maximum absolute atomic E-state index is 12.0. The molecule has 0 unspecified atom stereocenters. The van der Waals surface area contributed by atoms with E-state index in [4.69, 9.17) is 4.74 Å². The van der Waals surface area contributed by atoms with Gasteiger partial charge in [0.25, 0.3) is 5.91 Å². The average molecular weight is 386 g/mol. The molecule has 7 heteroatoms. The van der Waals surface area contributed by atoms with Gasteiger partial charge < -0.3 is 10.1 Å². The fourth-order valence-electron chi connectivity index (χ4n) is 2.07. The van der Waals surface area contributed by atoms with Gasteiger partial charge in [-0.3, -0.25) is 14.8 Å². The molecule has 0 bridgehead atoms. The molecule has 1 aromatic heterocycles. The molecule has 0 aliphatic heterocycles. The zero-order valence-corrected chi connectivity index (χ0v) is 14.0. The molecule has 120 valence electrons. The zero-order valence-electron chi connectivity index (χ0n) is 12.4. The molecule has 0 aliphatic carbocycles. The zero-order chi connectivity index (χ0) is 16.9. The molecule has 0 aliphatic rings. The van der Waals surface area contributed by atoms with Crippen molar-refractivity contribution in [1.82, 2.24) is 9.97 Å². The van der Waals surface area contributed by atoms with E-state index in [-0.39, 0.29) is 6.61 Å². The molecule has 0 spiro atoms. The quantitative estimate of drug-likeness (QED) is 0.697. The first-order valence-electron chi connectivity index (χ1n) is 7.05. The molecule has 0 fully saturated rings. The van der Waals surface area contributed by atoms with E-state index in [9.17, 15) is 9.59 Å². The van der Waals surface area contributed by atoms with E-state index in [0.717, 1.165) is 4.47 Å². The molecular weight excluding hydrogens is 374 g/mol. The van der Waals surface area contributed by atoms with Crippen molar-refractivity contribution in [3.8, 4) is 0 Å². The number of nitrogens with one attached hydrogen (secondary N) is 1. The SMILES string of the molecule is O=C(COC(=O)c1ccc2nccnc2c1)Nc1cccc(Br)c1. The molecule has 3 rings (SSSR count). The van der Waals surface area contributed by atoms with Crippen molar-refractivity contribution in [3.63, 3.8) is 0 Å². The second-order valence-electron chi connectivity index (χ2n) is 4.89. The lowest BCUT2D eigenvalue weighted by molar-refractivity contribution is -0.119. The van der Waals surface area contributed by atoms with Crippen LogP contribution in [0.15, 0.2) is 59.3 Å². The van der Waals surface area contributed by atoms with Crippen molar-refractivity contribution >= 4 is 44.5 Å². The topological polar surface area (TPSA) is 81.2 Å². The summed E-state index contributed by atoms with van der Waals surface area (Å²) in [6.45, 7) is -0.371. The summed E-state index contributed by atoms with van der Waals surface area (Å²) in [5, 5.41) is 2.65. The van der Waals surface area contributed by atoms with E-state index in [1.807, 2.05) is 6.07 Å². The van der Waals surface area contributed by atoms with E-state index in [1.54, 1.807) is 48.8 Å². The summed E-state index contributed by atoms with van der Waals surface area (Å²) in [5.74, 6) is -1.01. The summed E-state index contributed by atoms with van der Waals surface area (Å²) >= 11 is 3.32. The number of ether oxygens (including phenoxy) is 1. The first kappa shape index (κ1) is 16.1. The summed E-state index contributed by atoms with van der Waals surface area (Å²) in [4.78, 5) is 32.1. The number of carbonyl (C=O) groups excluding carboxylic acids is 2. The smallest absolute Gasteiger partial charge is 0.338 e. The van der Waals surface area contributed by atoms with E-state index >= 15 is 0 Å². The third-order valence-corrected chi connectivity index (χ3v) is 3.64. The number of halogens is 1. The van der Waals surface area contributed by atoms with Crippen molar-refractivity contribution in [3.05, 3.63) is 64.9 Å². The van der Waals surface area contributed by atoms with Gasteiger partial charge in [0.2, 0.25) is 0 Å². The lowest BCUT2D eigenvalue weighted by Gasteiger charge is -2.07. The molecule has 6 nitrogen and oxygen atoms in total. The molecule has 0 radical (unpaired) electrons. The highest BCUT2D eigenvalue weighted by Gasteiger charge is 2.11. The highest BCUT2D eigenvalue weighted by Crippen LogP contribution is 2.15. The highest BCUT2D eigenvalue weighted by molar-refractivity contribution is 9.10. The number of amides is 1. The van der Waals surface area contributed by atoms with Gasteiger partial charge in [-0.05, 0) is 36.4 Å². The predicted octanol–water partition coefficient (Wildman–Crippen LogP) is 3.19. The number of aromatic nitrogens is 2. The summed E-state index contributed by atoms with van der Waals surface area (Å²) in [7, 11) is 0. The first-order chi connectivity index (χ1) is 11.6. The maximum atomic E-state index is 12.0. The second kappa shape index (κ2) is 7.18. The maximum Gasteiger partial charge on any atom is 0.338 e. The van der Waals surface area contributed by atoms with Crippen LogP contribution < -0.4 is 5.32 Å². The normalized spacial score (nSPS) is 10.4. The Bertz CT molecular complexity index is 914.